The van der Waals surface area contributed by atoms with Gasteiger partial charge in [0.15, 0.2) is 6.10 Å². The van der Waals surface area contributed by atoms with Crippen LogP contribution in [-0.2, 0) is 16.0 Å². The van der Waals surface area contributed by atoms with E-state index < -0.39 is 12.1 Å². The molecule has 0 fully saturated rings. The fourth-order valence-electron chi connectivity index (χ4n) is 3.17. The van der Waals surface area contributed by atoms with Crippen LogP contribution in [0.25, 0.3) is 0 Å². The van der Waals surface area contributed by atoms with Gasteiger partial charge >= 0.3 is 5.97 Å². The lowest BCUT2D eigenvalue weighted by Gasteiger charge is -2.26. The molecule has 0 bridgehead atoms. The van der Waals surface area contributed by atoms with Crippen LogP contribution in [0.5, 0.6) is 0 Å². The molecule has 0 unspecified atom stereocenters. The highest BCUT2D eigenvalue weighted by molar-refractivity contribution is 6.01. The lowest BCUT2D eigenvalue weighted by Crippen LogP contribution is -2.43. The van der Waals surface area contributed by atoms with E-state index in [2.05, 4.69) is 0 Å². The van der Waals surface area contributed by atoms with Gasteiger partial charge in [0.25, 0.3) is 5.91 Å². The third-order valence-corrected chi connectivity index (χ3v) is 4.44. The molecular weight excluding hydrogens is 302 g/mol. The summed E-state index contributed by atoms with van der Waals surface area (Å²) in [6, 6.07) is 15.1. The van der Waals surface area contributed by atoms with Crippen molar-refractivity contribution in [3.05, 3.63) is 65.2 Å². The van der Waals surface area contributed by atoms with Crippen LogP contribution in [0.1, 0.15) is 35.3 Å². The Morgan fingerprint density at radius 2 is 1.79 bits per heavy atom. The number of carbonyl (C=O) groups is 2. The zero-order valence-corrected chi connectivity index (χ0v) is 14.2. The van der Waals surface area contributed by atoms with E-state index in [-0.39, 0.29) is 11.9 Å². The molecule has 0 N–H and O–H groups in total. The molecule has 24 heavy (non-hydrogen) atoms. The fourth-order valence-corrected chi connectivity index (χ4v) is 3.17. The number of esters is 1. The molecule has 1 aliphatic rings. The van der Waals surface area contributed by atoms with Gasteiger partial charge in [-0.05, 0) is 50.5 Å². The Labute approximate surface area is 142 Å². The number of ether oxygens (including phenoxy) is 1. The number of aryl methyl sites for hydroxylation is 1. The van der Waals surface area contributed by atoms with Crippen LogP contribution in [0.15, 0.2) is 48.5 Å². The van der Waals surface area contributed by atoms with Gasteiger partial charge in [0.2, 0.25) is 0 Å². The summed E-state index contributed by atoms with van der Waals surface area (Å²) in [5, 5.41) is 0. The molecule has 2 aromatic rings. The molecule has 0 spiro atoms. The van der Waals surface area contributed by atoms with Gasteiger partial charge in [-0.1, -0.05) is 36.4 Å². The maximum atomic E-state index is 12.8. The summed E-state index contributed by atoms with van der Waals surface area (Å²) < 4.78 is 5.42. The van der Waals surface area contributed by atoms with Crippen molar-refractivity contribution < 1.29 is 14.3 Å². The number of benzene rings is 2. The Morgan fingerprint density at radius 1 is 1.12 bits per heavy atom. The van der Waals surface area contributed by atoms with E-state index in [4.69, 9.17) is 4.74 Å². The summed E-state index contributed by atoms with van der Waals surface area (Å²) in [5.74, 6) is -0.650. The number of rotatable bonds is 3. The van der Waals surface area contributed by atoms with Gasteiger partial charge < -0.3 is 9.64 Å². The largest absolute Gasteiger partial charge is 0.449 e. The van der Waals surface area contributed by atoms with Crippen LogP contribution in [0.3, 0.4) is 0 Å². The van der Waals surface area contributed by atoms with Gasteiger partial charge in [0, 0.05) is 11.7 Å². The fraction of sp³-hybridized carbons (Fsp3) is 0.300. The maximum absolute atomic E-state index is 12.8. The van der Waals surface area contributed by atoms with Crippen molar-refractivity contribution in [2.45, 2.75) is 39.3 Å². The molecule has 0 aromatic heterocycles. The minimum Gasteiger partial charge on any atom is -0.449 e. The minimum absolute atomic E-state index is 0.0644. The third-order valence-electron chi connectivity index (χ3n) is 4.44. The van der Waals surface area contributed by atoms with Crippen LogP contribution < -0.4 is 4.90 Å². The van der Waals surface area contributed by atoms with E-state index in [9.17, 15) is 9.59 Å². The second-order valence-electron chi connectivity index (χ2n) is 6.25. The average molecular weight is 323 g/mol. The first-order valence-corrected chi connectivity index (χ1v) is 8.16. The summed E-state index contributed by atoms with van der Waals surface area (Å²) in [6.45, 7) is 5.49. The summed E-state index contributed by atoms with van der Waals surface area (Å²) in [4.78, 5) is 26.9. The molecule has 1 aliphatic heterocycles. The third kappa shape index (κ3) is 2.92. The Hall–Kier alpha value is -2.62. The molecule has 0 aliphatic carbocycles. The van der Waals surface area contributed by atoms with Crippen molar-refractivity contribution >= 4 is 17.6 Å². The monoisotopic (exact) mass is 323 g/mol. The van der Waals surface area contributed by atoms with Gasteiger partial charge in [-0.15, -0.1) is 0 Å². The maximum Gasteiger partial charge on any atom is 0.339 e. The lowest BCUT2D eigenvalue weighted by molar-refractivity contribution is -0.126. The van der Waals surface area contributed by atoms with Crippen LogP contribution in [0.4, 0.5) is 5.69 Å². The SMILES string of the molecule is Cc1ccccc1C(=O)O[C@H](C)C(=O)N1c2ccccc2C[C@H]1C. The van der Waals surface area contributed by atoms with E-state index >= 15 is 0 Å². The molecule has 3 rings (SSSR count). The molecule has 124 valence electrons. The molecule has 2 aromatic carbocycles. The number of nitrogens with zero attached hydrogens (tertiary/aromatic N) is 1. The highest BCUT2D eigenvalue weighted by Crippen LogP contribution is 2.32. The molecule has 0 saturated heterocycles. The number of hydrogen-bond acceptors (Lipinski definition) is 3. The second-order valence-corrected chi connectivity index (χ2v) is 6.25. The van der Waals surface area contributed by atoms with Gasteiger partial charge in [0.05, 0.1) is 5.56 Å². The van der Waals surface area contributed by atoms with Gasteiger partial charge in [0.1, 0.15) is 0 Å². The van der Waals surface area contributed by atoms with Crippen molar-refractivity contribution in [3.63, 3.8) is 0 Å². The zero-order chi connectivity index (χ0) is 17.3. The standard InChI is InChI=1S/C20H21NO3/c1-13-8-4-6-10-17(13)20(23)24-15(3)19(22)21-14(2)12-16-9-5-7-11-18(16)21/h4-11,14-15H,12H2,1-3H3/t14-,15-/m1/s1. The molecule has 1 heterocycles. The molecule has 2 atom stereocenters. The van der Waals surface area contributed by atoms with Crippen molar-refractivity contribution in [1.29, 1.82) is 0 Å². The van der Waals surface area contributed by atoms with E-state index in [0.29, 0.717) is 5.56 Å². The molecule has 1 amide bonds. The minimum atomic E-state index is -0.828. The normalized spacial score (nSPS) is 17.3. The highest BCUT2D eigenvalue weighted by Gasteiger charge is 2.34. The van der Waals surface area contributed by atoms with Crippen molar-refractivity contribution in [2.24, 2.45) is 0 Å². The smallest absolute Gasteiger partial charge is 0.339 e. The Balaban J connectivity index is 1.76. The first-order chi connectivity index (χ1) is 11.5. The van der Waals surface area contributed by atoms with Crippen LogP contribution in [0, 0.1) is 6.92 Å². The predicted octanol–water partition coefficient (Wildman–Crippen LogP) is 3.52. The number of anilines is 1. The Bertz CT molecular complexity index is 784. The molecular formula is C20H21NO3. The first kappa shape index (κ1) is 16.2. The quantitative estimate of drug-likeness (QED) is 0.812. The highest BCUT2D eigenvalue weighted by atomic mass is 16.5. The van der Waals surface area contributed by atoms with Crippen molar-refractivity contribution in [3.8, 4) is 0 Å². The lowest BCUT2D eigenvalue weighted by atomic mass is 10.1. The van der Waals surface area contributed by atoms with Gasteiger partial charge in [-0.25, -0.2) is 4.79 Å². The second kappa shape index (κ2) is 6.48. The van der Waals surface area contributed by atoms with Crippen molar-refractivity contribution in [1.82, 2.24) is 0 Å². The number of hydrogen-bond donors (Lipinski definition) is 0. The number of carbonyl (C=O) groups excluding carboxylic acids is 2. The number of para-hydroxylation sites is 1. The molecule has 0 saturated carbocycles. The van der Waals surface area contributed by atoms with Gasteiger partial charge in [-0.2, -0.15) is 0 Å². The summed E-state index contributed by atoms with van der Waals surface area (Å²) in [5.41, 5.74) is 3.39. The molecule has 4 heteroatoms. The van der Waals surface area contributed by atoms with Crippen LogP contribution in [0.2, 0.25) is 0 Å². The Morgan fingerprint density at radius 3 is 2.54 bits per heavy atom. The van der Waals surface area contributed by atoms with E-state index in [0.717, 1.165) is 23.2 Å². The summed E-state index contributed by atoms with van der Waals surface area (Å²) in [6.07, 6.45) is -0.00823. The Kier molecular flexibility index (Phi) is 4.38. The van der Waals surface area contributed by atoms with Crippen LogP contribution in [-0.4, -0.2) is 24.0 Å². The topological polar surface area (TPSA) is 46.6 Å². The van der Waals surface area contributed by atoms with E-state index in [1.54, 1.807) is 24.0 Å². The number of fused-ring (bicyclic) bond motifs is 1. The van der Waals surface area contributed by atoms with Crippen molar-refractivity contribution in [2.75, 3.05) is 4.90 Å². The van der Waals surface area contributed by atoms with E-state index in [1.807, 2.05) is 50.2 Å². The summed E-state index contributed by atoms with van der Waals surface area (Å²) in [7, 11) is 0. The van der Waals surface area contributed by atoms with E-state index in [1.165, 1.54) is 0 Å². The summed E-state index contributed by atoms with van der Waals surface area (Å²) >= 11 is 0. The average Bonchev–Trinajstić information content (AvgIpc) is 2.90. The number of amides is 1. The molecule has 0 radical (unpaired) electrons. The first-order valence-electron chi connectivity index (χ1n) is 8.16. The zero-order valence-electron chi connectivity index (χ0n) is 14.2. The van der Waals surface area contributed by atoms with Gasteiger partial charge in [-0.3, -0.25) is 4.79 Å². The van der Waals surface area contributed by atoms with Crippen LogP contribution >= 0.6 is 0 Å². The molecule has 4 nitrogen and oxygen atoms in total. The predicted molar refractivity (Wildman–Crippen MR) is 93.2 cm³/mol.